The van der Waals surface area contributed by atoms with E-state index in [0.29, 0.717) is 9.75 Å². The summed E-state index contributed by atoms with van der Waals surface area (Å²) in [6.07, 6.45) is 12.6. The summed E-state index contributed by atoms with van der Waals surface area (Å²) in [6, 6.07) is 0. The fourth-order valence-electron chi connectivity index (χ4n) is 3.44. The Morgan fingerprint density at radius 3 is 1.26 bits per heavy atom. The minimum absolute atomic E-state index is 0.687. The van der Waals surface area contributed by atoms with Crippen LogP contribution in [0.15, 0.2) is 0 Å². The molecule has 0 aliphatic heterocycles. The van der Waals surface area contributed by atoms with Crippen LogP contribution >= 0.6 is 11.8 Å². The Bertz CT molecular complexity index is 319. The van der Waals surface area contributed by atoms with Crippen molar-refractivity contribution in [3.63, 3.8) is 0 Å². The van der Waals surface area contributed by atoms with Crippen LogP contribution in [0.25, 0.3) is 0 Å². The Morgan fingerprint density at radius 2 is 0.963 bits per heavy atom. The molecule has 0 spiro atoms. The van der Waals surface area contributed by atoms with Crippen molar-refractivity contribution in [1.29, 1.82) is 0 Å². The van der Waals surface area contributed by atoms with E-state index in [9.17, 15) is 0 Å². The summed E-state index contributed by atoms with van der Waals surface area (Å²) in [5, 5.41) is 0. The second-order valence-corrected chi connectivity index (χ2v) is 19.6. The smallest absolute Gasteiger partial charge is 0.199 e. The number of thioether (sulfide) groups is 1. The van der Waals surface area contributed by atoms with E-state index < -0.39 is 16.6 Å². The van der Waals surface area contributed by atoms with Crippen molar-refractivity contribution in [3.05, 3.63) is 0 Å². The van der Waals surface area contributed by atoms with E-state index in [1.54, 1.807) is 0 Å². The Kier molecular flexibility index (Phi) is 15.9. The Hall–Kier alpha value is 0.704. The normalized spacial score (nSPS) is 15.1. The van der Waals surface area contributed by atoms with Crippen LogP contribution in [0, 0.1) is 0 Å². The summed E-state index contributed by atoms with van der Waals surface area (Å²) in [4.78, 5) is 1.37. The molecule has 0 bridgehead atoms. The lowest BCUT2D eigenvalue weighted by Crippen LogP contribution is -2.49. The molecule has 5 heteroatoms. The Balaban J connectivity index is 4.97. The highest BCUT2D eigenvalue weighted by molar-refractivity contribution is 8.03. The van der Waals surface area contributed by atoms with Gasteiger partial charge in [-0.3, -0.25) is 0 Å². The maximum absolute atomic E-state index is 6.54. The predicted octanol–water partition coefficient (Wildman–Crippen LogP) is 7.96. The number of unbranched alkanes of at least 4 members (excludes halogenated alkanes) is 4. The topological polar surface area (TPSA) is 18.5 Å². The third kappa shape index (κ3) is 12.1. The zero-order valence-electron chi connectivity index (χ0n) is 19.9. The van der Waals surface area contributed by atoms with Gasteiger partial charge in [0.1, 0.15) is 0 Å². The third-order valence-electron chi connectivity index (χ3n) is 5.42. The zero-order valence-corrected chi connectivity index (χ0v) is 22.7. The van der Waals surface area contributed by atoms with Crippen LogP contribution < -0.4 is 0 Å². The lowest BCUT2D eigenvalue weighted by molar-refractivity contribution is 0.292. The molecule has 0 saturated carbocycles. The van der Waals surface area contributed by atoms with Crippen LogP contribution in [-0.2, 0) is 8.85 Å². The van der Waals surface area contributed by atoms with E-state index in [4.69, 9.17) is 8.85 Å². The van der Waals surface area contributed by atoms with Crippen LogP contribution in [0.4, 0.5) is 0 Å². The minimum atomic E-state index is -1.69. The Morgan fingerprint density at radius 1 is 0.593 bits per heavy atom. The first-order valence-corrected chi connectivity index (χ1v) is 18.6. The molecule has 0 rings (SSSR count). The van der Waals surface area contributed by atoms with Crippen molar-refractivity contribution < 1.29 is 8.85 Å². The van der Waals surface area contributed by atoms with E-state index in [1.807, 2.05) is 0 Å². The van der Waals surface area contributed by atoms with Crippen LogP contribution in [0.3, 0.4) is 0 Å². The quantitative estimate of drug-likeness (QED) is 0.161. The van der Waals surface area contributed by atoms with Gasteiger partial charge >= 0.3 is 0 Å². The highest BCUT2D eigenvalue weighted by Crippen LogP contribution is 2.37. The van der Waals surface area contributed by atoms with Gasteiger partial charge in [-0.15, -0.1) is 0 Å². The van der Waals surface area contributed by atoms with Crippen molar-refractivity contribution in [2.75, 3.05) is 13.2 Å². The molecule has 0 amide bonds. The fourth-order valence-corrected chi connectivity index (χ4v) is 12.7. The summed E-state index contributed by atoms with van der Waals surface area (Å²) in [5.74, 6) is 0. The van der Waals surface area contributed by atoms with Crippen LogP contribution in [0.5, 0.6) is 0 Å². The number of rotatable bonds is 18. The summed E-state index contributed by atoms with van der Waals surface area (Å²) in [5.41, 5.74) is 0. The van der Waals surface area contributed by atoms with Gasteiger partial charge in [-0.2, -0.15) is 11.8 Å². The highest BCUT2D eigenvalue weighted by Gasteiger charge is 2.41. The van der Waals surface area contributed by atoms with Gasteiger partial charge in [-0.05, 0) is 51.9 Å². The Labute approximate surface area is 178 Å². The summed E-state index contributed by atoms with van der Waals surface area (Å²) in [6.45, 7) is 20.9. The molecule has 0 saturated heterocycles. The van der Waals surface area contributed by atoms with Gasteiger partial charge in [0, 0.05) is 23.0 Å². The molecule has 0 radical (unpaired) electrons. The molecule has 2 atom stereocenters. The SMILES string of the molecule is CCCCCO[Si](C)(C)C(CCC)SC(CCC)[Si](C)(C)OCCCCC. The summed E-state index contributed by atoms with van der Waals surface area (Å²) >= 11 is 2.25. The monoisotopic (exact) mass is 434 g/mol. The maximum Gasteiger partial charge on any atom is 0.199 e. The average Bonchev–Trinajstić information content (AvgIpc) is 2.61. The third-order valence-corrected chi connectivity index (χ3v) is 16.4. The molecule has 27 heavy (non-hydrogen) atoms. The average molecular weight is 435 g/mol. The first-order chi connectivity index (χ1) is 12.7. The molecule has 164 valence electrons. The molecule has 0 aromatic heterocycles. The van der Waals surface area contributed by atoms with E-state index in [0.717, 1.165) is 13.2 Å². The highest BCUT2D eigenvalue weighted by atomic mass is 32.2. The van der Waals surface area contributed by atoms with Crippen molar-refractivity contribution in [2.45, 2.75) is 128 Å². The van der Waals surface area contributed by atoms with Gasteiger partial charge < -0.3 is 8.85 Å². The largest absolute Gasteiger partial charge is 0.416 e. The summed E-state index contributed by atoms with van der Waals surface area (Å²) < 4.78 is 13.1. The molecule has 0 aliphatic carbocycles. The lowest BCUT2D eigenvalue weighted by Gasteiger charge is -2.39. The van der Waals surface area contributed by atoms with Gasteiger partial charge in [0.05, 0.1) is 0 Å². The first-order valence-electron chi connectivity index (χ1n) is 11.7. The molecule has 0 N–H and O–H groups in total. The molecule has 0 fully saturated rings. The van der Waals surface area contributed by atoms with Crippen molar-refractivity contribution >= 4 is 28.4 Å². The molecule has 2 nitrogen and oxygen atoms in total. The van der Waals surface area contributed by atoms with Gasteiger partial charge in [-0.25, -0.2) is 0 Å². The van der Waals surface area contributed by atoms with Crippen molar-refractivity contribution in [3.8, 4) is 0 Å². The van der Waals surface area contributed by atoms with Crippen LogP contribution in [-0.4, -0.2) is 39.6 Å². The number of hydrogen-bond donors (Lipinski definition) is 0. The molecular formula is C22H50O2SSi2. The fraction of sp³-hybridized carbons (Fsp3) is 1.00. The van der Waals surface area contributed by atoms with Gasteiger partial charge in [0.25, 0.3) is 0 Å². The molecule has 0 aromatic carbocycles. The second kappa shape index (κ2) is 15.5. The van der Waals surface area contributed by atoms with Crippen LogP contribution in [0.2, 0.25) is 26.2 Å². The van der Waals surface area contributed by atoms with Crippen molar-refractivity contribution in [2.24, 2.45) is 0 Å². The standard InChI is InChI=1S/C22H50O2SSi2/c1-9-13-15-19-23-26(5,6)21(17-11-3)25-22(18-12-4)27(7,8)24-20-16-14-10-2/h21-22H,9-20H2,1-8H3. The van der Waals surface area contributed by atoms with E-state index in [-0.39, 0.29) is 0 Å². The maximum atomic E-state index is 6.54. The molecule has 0 aliphatic rings. The molecular weight excluding hydrogens is 384 g/mol. The first kappa shape index (κ1) is 27.7. The predicted molar refractivity (Wildman–Crippen MR) is 131 cm³/mol. The van der Waals surface area contributed by atoms with E-state index in [2.05, 4.69) is 65.6 Å². The number of hydrogen-bond acceptors (Lipinski definition) is 3. The zero-order chi connectivity index (χ0) is 20.8. The van der Waals surface area contributed by atoms with Gasteiger partial charge in [0.2, 0.25) is 0 Å². The van der Waals surface area contributed by atoms with Crippen molar-refractivity contribution in [1.82, 2.24) is 0 Å². The van der Waals surface area contributed by atoms with Gasteiger partial charge in [-0.1, -0.05) is 66.2 Å². The molecule has 0 aromatic rings. The van der Waals surface area contributed by atoms with E-state index in [1.165, 1.54) is 64.2 Å². The summed E-state index contributed by atoms with van der Waals surface area (Å²) in [7, 11) is -3.38. The van der Waals surface area contributed by atoms with Crippen LogP contribution in [0.1, 0.15) is 91.9 Å². The second-order valence-electron chi connectivity index (χ2n) is 9.01. The van der Waals surface area contributed by atoms with E-state index >= 15 is 0 Å². The lowest BCUT2D eigenvalue weighted by atomic mass is 10.3. The molecule has 0 heterocycles. The molecule has 2 unspecified atom stereocenters. The van der Waals surface area contributed by atoms with Gasteiger partial charge in [0.15, 0.2) is 16.6 Å². The minimum Gasteiger partial charge on any atom is -0.416 e.